The van der Waals surface area contributed by atoms with Crippen LogP contribution >= 0.6 is 0 Å². The Morgan fingerprint density at radius 1 is 1.39 bits per heavy atom. The molecule has 0 aromatic heterocycles. The molecule has 0 saturated carbocycles. The van der Waals surface area contributed by atoms with Crippen LogP contribution in [0.3, 0.4) is 0 Å². The predicted molar refractivity (Wildman–Crippen MR) is 70.1 cm³/mol. The van der Waals surface area contributed by atoms with E-state index in [1.54, 1.807) is 11.8 Å². The van der Waals surface area contributed by atoms with Gasteiger partial charge < -0.3 is 10.6 Å². The van der Waals surface area contributed by atoms with Gasteiger partial charge in [0.2, 0.25) is 11.8 Å². The maximum absolute atomic E-state index is 12.2. The molecule has 1 unspecified atom stereocenters. The van der Waals surface area contributed by atoms with E-state index in [1.165, 1.54) is 5.56 Å². The Kier molecular flexibility index (Phi) is 3.65. The van der Waals surface area contributed by atoms with E-state index in [1.807, 2.05) is 24.3 Å². The monoisotopic (exact) mass is 246 g/mol. The van der Waals surface area contributed by atoms with Gasteiger partial charge in [-0.1, -0.05) is 25.1 Å². The van der Waals surface area contributed by atoms with Crippen LogP contribution in [0.2, 0.25) is 0 Å². The molecule has 1 aliphatic heterocycles. The maximum Gasteiger partial charge on any atom is 0.227 e. The fourth-order valence-corrected chi connectivity index (χ4v) is 2.27. The molecule has 1 aromatic carbocycles. The summed E-state index contributed by atoms with van der Waals surface area (Å²) in [5.41, 5.74) is 7.37. The number of nitrogens with zero attached hydrogens (tertiary/aromatic N) is 1. The third-order valence-corrected chi connectivity index (χ3v) is 3.38. The zero-order chi connectivity index (χ0) is 13.1. The molecular formula is C14H18N2O2. The van der Waals surface area contributed by atoms with Gasteiger partial charge in [-0.15, -0.1) is 0 Å². The molecule has 2 amide bonds. The average molecular weight is 246 g/mol. The van der Waals surface area contributed by atoms with E-state index in [2.05, 4.69) is 0 Å². The number of hydrogen-bond donors (Lipinski definition) is 1. The van der Waals surface area contributed by atoms with Crippen molar-refractivity contribution in [2.75, 3.05) is 11.4 Å². The van der Waals surface area contributed by atoms with Gasteiger partial charge >= 0.3 is 0 Å². The molecule has 0 radical (unpaired) electrons. The number of benzene rings is 1. The van der Waals surface area contributed by atoms with Crippen LogP contribution in [0.25, 0.3) is 0 Å². The van der Waals surface area contributed by atoms with Gasteiger partial charge in [0.1, 0.15) is 0 Å². The van der Waals surface area contributed by atoms with Crippen LogP contribution in [0.15, 0.2) is 24.3 Å². The summed E-state index contributed by atoms with van der Waals surface area (Å²) in [6, 6.07) is 7.93. The number of nitrogens with two attached hydrogens (primary N) is 1. The largest absolute Gasteiger partial charge is 0.369 e. The maximum atomic E-state index is 12.2. The van der Waals surface area contributed by atoms with Crippen molar-refractivity contribution < 1.29 is 9.59 Å². The van der Waals surface area contributed by atoms with Crippen molar-refractivity contribution in [1.29, 1.82) is 0 Å². The number of aryl methyl sites for hydroxylation is 1. The van der Waals surface area contributed by atoms with Crippen LogP contribution < -0.4 is 10.6 Å². The lowest BCUT2D eigenvalue weighted by molar-refractivity contribution is -0.126. The SMILES string of the molecule is CC(CC(=O)N1CCCc2ccccc21)C(N)=O. The van der Waals surface area contributed by atoms with E-state index in [-0.39, 0.29) is 12.3 Å². The topological polar surface area (TPSA) is 63.4 Å². The third kappa shape index (κ3) is 2.53. The number of hydrogen-bond acceptors (Lipinski definition) is 2. The standard InChI is InChI=1S/C14H18N2O2/c1-10(14(15)18)9-13(17)16-8-4-6-11-5-2-3-7-12(11)16/h2-3,5,7,10H,4,6,8-9H2,1H3,(H2,15,18). The second-order valence-electron chi connectivity index (χ2n) is 4.79. The summed E-state index contributed by atoms with van der Waals surface area (Å²) in [7, 11) is 0. The first-order chi connectivity index (χ1) is 8.59. The van der Waals surface area contributed by atoms with E-state index < -0.39 is 11.8 Å². The van der Waals surface area contributed by atoms with Crippen molar-refractivity contribution in [1.82, 2.24) is 0 Å². The number of carbonyl (C=O) groups is 2. The van der Waals surface area contributed by atoms with Crippen LogP contribution in [0.5, 0.6) is 0 Å². The van der Waals surface area contributed by atoms with Gasteiger partial charge in [0, 0.05) is 24.6 Å². The number of para-hydroxylation sites is 1. The number of amides is 2. The van der Waals surface area contributed by atoms with E-state index in [4.69, 9.17) is 5.73 Å². The first kappa shape index (κ1) is 12.6. The Bertz CT molecular complexity index is 471. The third-order valence-electron chi connectivity index (χ3n) is 3.38. The fraction of sp³-hybridized carbons (Fsp3) is 0.429. The van der Waals surface area contributed by atoms with Crippen molar-refractivity contribution in [3.05, 3.63) is 29.8 Å². The van der Waals surface area contributed by atoms with Crippen LogP contribution in [-0.4, -0.2) is 18.4 Å². The van der Waals surface area contributed by atoms with Gasteiger partial charge in [-0.2, -0.15) is 0 Å². The average Bonchev–Trinajstić information content (AvgIpc) is 2.37. The fourth-order valence-electron chi connectivity index (χ4n) is 2.27. The molecule has 1 heterocycles. The lowest BCUT2D eigenvalue weighted by Crippen LogP contribution is -2.37. The molecule has 0 spiro atoms. The number of fused-ring (bicyclic) bond motifs is 1. The highest BCUT2D eigenvalue weighted by Gasteiger charge is 2.24. The molecule has 0 saturated heterocycles. The second kappa shape index (κ2) is 5.21. The zero-order valence-electron chi connectivity index (χ0n) is 10.6. The van der Waals surface area contributed by atoms with E-state index in [0.29, 0.717) is 0 Å². The van der Waals surface area contributed by atoms with Crippen molar-refractivity contribution in [2.45, 2.75) is 26.2 Å². The molecule has 0 bridgehead atoms. The second-order valence-corrected chi connectivity index (χ2v) is 4.79. The van der Waals surface area contributed by atoms with Crippen LogP contribution in [0.4, 0.5) is 5.69 Å². The molecular weight excluding hydrogens is 228 g/mol. The van der Waals surface area contributed by atoms with Crippen LogP contribution in [-0.2, 0) is 16.0 Å². The summed E-state index contributed by atoms with van der Waals surface area (Å²) in [5.74, 6) is -0.853. The van der Waals surface area contributed by atoms with Gasteiger partial charge in [0.15, 0.2) is 0 Å². The van der Waals surface area contributed by atoms with Crippen molar-refractivity contribution in [3.63, 3.8) is 0 Å². The first-order valence-corrected chi connectivity index (χ1v) is 6.27. The van der Waals surface area contributed by atoms with E-state index in [0.717, 1.165) is 25.1 Å². The minimum atomic E-state index is -0.423. The molecule has 1 aliphatic rings. The minimum absolute atomic E-state index is 0.0200. The Hall–Kier alpha value is -1.84. The summed E-state index contributed by atoms with van der Waals surface area (Å²) in [6.07, 6.45) is 2.16. The minimum Gasteiger partial charge on any atom is -0.369 e. The van der Waals surface area contributed by atoms with Gasteiger partial charge in [-0.25, -0.2) is 0 Å². The van der Waals surface area contributed by atoms with Crippen LogP contribution in [0.1, 0.15) is 25.3 Å². The summed E-state index contributed by atoms with van der Waals surface area (Å²) >= 11 is 0. The molecule has 18 heavy (non-hydrogen) atoms. The number of anilines is 1. The highest BCUT2D eigenvalue weighted by Crippen LogP contribution is 2.27. The molecule has 4 nitrogen and oxygen atoms in total. The predicted octanol–water partition coefficient (Wildman–Crippen LogP) is 1.48. The molecule has 1 aromatic rings. The Morgan fingerprint density at radius 2 is 2.11 bits per heavy atom. The number of carbonyl (C=O) groups excluding carboxylic acids is 2. The summed E-state index contributed by atoms with van der Waals surface area (Å²) in [6.45, 7) is 2.41. The lowest BCUT2D eigenvalue weighted by Gasteiger charge is -2.30. The molecule has 4 heteroatoms. The Morgan fingerprint density at radius 3 is 2.83 bits per heavy atom. The van der Waals surface area contributed by atoms with Crippen molar-refractivity contribution in [3.8, 4) is 0 Å². The summed E-state index contributed by atoms with van der Waals surface area (Å²) in [4.78, 5) is 25.0. The highest BCUT2D eigenvalue weighted by atomic mass is 16.2. The van der Waals surface area contributed by atoms with E-state index in [9.17, 15) is 9.59 Å². The quantitative estimate of drug-likeness (QED) is 0.878. The zero-order valence-corrected chi connectivity index (χ0v) is 10.6. The van der Waals surface area contributed by atoms with Gasteiger partial charge in [-0.3, -0.25) is 9.59 Å². The molecule has 1 atom stereocenters. The van der Waals surface area contributed by atoms with Gasteiger partial charge in [0.25, 0.3) is 0 Å². The van der Waals surface area contributed by atoms with Crippen molar-refractivity contribution in [2.24, 2.45) is 11.7 Å². The molecule has 0 fully saturated rings. The number of primary amides is 1. The lowest BCUT2D eigenvalue weighted by atomic mass is 10.00. The van der Waals surface area contributed by atoms with Crippen LogP contribution in [0, 0.1) is 5.92 Å². The summed E-state index contributed by atoms with van der Waals surface area (Å²) in [5, 5.41) is 0. The van der Waals surface area contributed by atoms with Gasteiger partial charge in [-0.05, 0) is 24.5 Å². The Labute approximate surface area is 107 Å². The first-order valence-electron chi connectivity index (χ1n) is 6.27. The smallest absolute Gasteiger partial charge is 0.227 e. The molecule has 96 valence electrons. The highest BCUT2D eigenvalue weighted by molar-refractivity contribution is 5.96. The van der Waals surface area contributed by atoms with E-state index >= 15 is 0 Å². The number of rotatable bonds is 3. The molecule has 0 aliphatic carbocycles. The Balaban J connectivity index is 2.15. The normalized spacial score (nSPS) is 15.9. The molecule has 2 rings (SSSR count). The summed E-state index contributed by atoms with van der Waals surface area (Å²) < 4.78 is 0. The molecule has 2 N–H and O–H groups in total. The van der Waals surface area contributed by atoms with Crippen molar-refractivity contribution >= 4 is 17.5 Å². The van der Waals surface area contributed by atoms with Gasteiger partial charge in [0.05, 0.1) is 0 Å².